The Kier molecular flexibility index (Phi) is 4.84. The summed E-state index contributed by atoms with van der Waals surface area (Å²) in [5, 5.41) is 15.6. The molecule has 1 N–H and O–H groups in total. The number of rotatable bonds is 3. The molecule has 4 rings (SSSR count). The molecule has 1 aromatic heterocycles. The fourth-order valence-electron chi connectivity index (χ4n) is 3.25. The molecule has 2 aliphatic heterocycles. The van der Waals surface area contributed by atoms with Crippen LogP contribution in [0.3, 0.4) is 0 Å². The van der Waals surface area contributed by atoms with Gasteiger partial charge >= 0.3 is 0 Å². The van der Waals surface area contributed by atoms with Crippen molar-refractivity contribution in [3.05, 3.63) is 57.3 Å². The third kappa shape index (κ3) is 3.16. The highest BCUT2D eigenvalue weighted by Crippen LogP contribution is 2.30. The zero-order chi connectivity index (χ0) is 20.0. The highest BCUT2D eigenvalue weighted by atomic mass is 79.9. The zero-order valence-corrected chi connectivity index (χ0v) is 18.1. The van der Waals surface area contributed by atoms with E-state index in [1.807, 2.05) is 51.1 Å². The molecular formula is C20H18BrN5OS. The topological polar surface area (TPSA) is 73.8 Å². The van der Waals surface area contributed by atoms with E-state index in [1.165, 1.54) is 16.8 Å². The van der Waals surface area contributed by atoms with Gasteiger partial charge in [-0.1, -0.05) is 22.9 Å². The molecule has 0 fully saturated rings. The lowest BCUT2D eigenvalue weighted by Gasteiger charge is -2.20. The number of hydrogen-bond donors (Lipinski definition) is 1. The molecule has 0 radical (unpaired) electrons. The summed E-state index contributed by atoms with van der Waals surface area (Å²) in [5.41, 5.74) is 4.23. The zero-order valence-electron chi connectivity index (χ0n) is 15.7. The predicted octanol–water partition coefficient (Wildman–Crippen LogP) is 4.89. The summed E-state index contributed by atoms with van der Waals surface area (Å²) in [7, 11) is 0. The van der Waals surface area contributed by atoms with Crippen molar-refractivity contribution in [3.63, 3.8) is 0 Å². The number of amides is 1. The van der Waals surface area contributed by atoms with Crippen LogP contribution < -0.4 is 0 Å². The molecule has 0 aliphatic carbocycles. The Bertz CT molecular complexity index is 1090. The van der Waals surface area contributed by atoms with E-state index in [9.17, 15) is 4.79 Å². The molecule has 0 bridgehead atoms. The minimum atomic E-state index is -0.398. The minimum Gasteiger partial charge on any atom is -0.318 e. The van der Waals surface area contributed by atoms with Gasteiger partial charge in [0.2, 0.25) is 5.17 Å². The van der Waals surface area contributed by atoms with Gasteiger partial charge in [-0.25, -0.2) is 0 Å². The normalized spacial score (nSPS) is 17.9. The average Bonchev–Trinajstić information content (AvgIpc) is 3.20. The first kappa shape index (κ1) is 18.9. The number of nitrogens with zero attached hydrogens (tertiary/aromatic N) is 4. The van der Waals surface area contributed by atoms with E-state index >= 15 is 0 Å². The van der Waals surface area contributed by atoms with E-state index in [2.05, 4.69) is 30.6 Å². The lowest BCUT2D eigenvalue weighted by molar-refractivity contribution is -0.114. The summed E-state index contributed by atoms with van der Waals surface area (Å²) in [6, 6.07) is 10.1. The molecule has 28 heavy (non-hydrogen) atoms. The van der Waals surface area contributed by atoms with Crippen LogP contribution in [0.5, 0.6) is 0 Å². The molecule has 2 aromatic rings. The highest BCUT2D eigenvalue weighted by molar-refractivity contribution is 9.10. The number of hydrogen-bond acceptors (Lipinski definition) is 4. The van der Waals surface area contributed by atoms with E-state index < -0.39 is 5.91 Å². The average molecular weight is 456 g/mol. The van der Waals surface area contributed by atoms with Crippen molar-refractivity contribution in [2.24, 2.45) is 10.1 Å². The van der Waals surface area contributed by atoms with Crippen LogP contribution in [0, 0.1) is 19.3 Å². The Morgan fingerprint density at radius 2 is 1.96 bits per heavy atom. The summed E-state index contributed by atoms with van der Waals surface area (Å²) in [5.74, 6) is -0.329. The molecule has 0 saturated carbocycles. The second kappa shape index (κ2) is 7.18. The van der Waals surface area contributed by atoms with Gasteiger partial charge in [0.05, 0.1) is 5.57 Å². The largest absolute Gasteiger partial charge is 0.318 e. The number of hydrazone groups is 1. The third-order valence-electron chi connectivity index (χ3n) is 4.65. The van der Waals surface area contributed by atoms with Crippen molar-refractivity contribution >= 4 is 55.7 Å². The van der Waals surface area contributed by atoms with E-state index in [0.717, 1.165) is 38.6 Å². The maximum Gasteiger partial charge on any atom is 0.283 e. The molecule has 6 nitrogen and oxygen atoms in total. The second-order valence-corrected chi connectivity index (χ2v) is 8.46. The van der Waals surface area contributed by atoms with Gasteiger partial charge < -0.3 is 4.57 Å². The number of nitrogens with one attached hydrogen (secondary N) is 1. The van der Waals surface area contributed by atoms with Crippen molar-refractivity contribution in [1.82, 2.24) is 9.58 Å². The van der Waals surface area contributed by atoms with Gasteiger partial charge in [0, 0.05) is 21.5 Å². The molecular weight excluding hydrogens is 438 g/mol. The number of benzene rings is 1. The smallest absolute Gasteiger partial charge is 0.283 e. The van der Waals surface area contributed by atoms with E-state index in [-0.39, 0.29) is 11.4 Å². The van der Waals surface area contributed by atoms with E-state index in [1.54, 1.807) is 6.08 Å². The van der Waals surface area contributed by atoms with Crippen molar-refractivity contribution in [1.29, 1.82) is 5.41 Å². The van der Waals surface area contributed by atoms with Crippen molar-refractivity contribution in [2.45, 2.75) is 27.2 Å². The van der Waals surface area contributed by atoms with Crippen LogP contribution in [0.25, 0.3) is 11.8 Å². The van der Waals surface area contributed by atoms with Gasteiger partial charge in [0.25, 0.3) is 5.91 Å². The number of fused-ring (bicyclic) bond motifs is 1. The van der Waals surface area contributed by atoms with Crippen LogP contribution in [0.4, 0.5) is 0 Å². The lowest BCUT2D eigenvalue weighted by atomic mass is 10.1. The van der Waals surface area contributed by atoms with Crippen LogP contribution in [0.15, 0.2) is 50.5 Å². The van der Waals surface area contributed by atoms with E-state index in [4.69, 9.17) is 5.41 Å². The van der Waals surface area contributed by atoms with Gasteiger partial charge in [-0.2, -0.15) is 15.1 Å². The van der Waals surface area contributed by atoms with Crippen LogP contribution >= 0.6 is 27.7 Å². The van der Waals surface area contributed by atoms with Gasteiger partial charge in [-0.3, -0.25) is 10.2 Å². The first-order valence-electron chi connectivity index (χ1n) is 8.83. The number of carbonyl (C=O) groups excluding carboxylic acids is 1. The number of amidine groups is 2. The maximum absolute atomic E-state index is 12.6. The Balaban J connectivity index is 1.75. The minimum absolute atomic E-state index is 0.0689. The number of aromatic nitrogens is 1. The Morgan fingerprint density at radius 1 is 1.25 bits per heavy atom. The molecule has 8 heteroatoms. The molecule has 1 aromatic carbocycles. The van der Waals surface area contributed by atoms with Crippen LogP contribution in [-0.4, -0.2) is 31.5 Å². The molecule has 0 atom stereocenters. The van der Waals surface area contributed by atoms with Crippen molar-refractivity contribution in [2.75, 3.05) is 0 Å². The first-order chi connectivity index (χ1) is 13.4. The monoisotopic (exact) mass is 455 g/mol. The lowest BCUT2D eigenvalue weighted by Crippen LogP contribution is -2.35. The number of halogens is 1. The molecule has 0 spiro atoms. The summed E-state index contributed by atoms with van der Waals surface area (Å²) < 4.78 is 3.15. The van der Waals surface area contributed by atoms with Gasteiger partial charge in [-0.15, -0.1) is 0 Å². The summed E-state index contributed by atoms with van der Waals surface area (Å²) >= 11 is 4.81. The number of aliphatic imine (C=N–C) groups is 1. The molecule has 0 saturated heterocycles. The molecule has 0 unspecified atom stereocenters. The summed E-state index contributed by atoms with van der Waals surface area (Å²) in [6.45, 7) is 6.02. The van der Waals surface area contributed by atoms with E-state index in [0.29, 0.717) is 5.17 Å². The molecule has 142 valence electrons. The van der Waals surface area contributed by atoms with Gasteiger partial charge in [0.15, 0.2) is 5.84 Å². The van der Waals surface area contributed by atoms with Crippen LogP contribution in [-0.2, 0) is 4.79 Å². The quantitative estimate of drug-likeness (QED) is 0.669. The number of carbonyl (C=O) groups is 1. The molecule has 3 heterocycles. The standard InChI is InChI=1S/C20H18BrN5OS/c1-4-17-24-26-18(22)16(19(27)23-20(26)28-17)10-13-9-11(2)25(12(13)3)15-7-5-14(21)6-8-15/h5-10,22H,4H2,1-3H3. The molecule has 1 amide bonds. The van der Waals surface area contributed by atoms with Crippen molar-refractivity contribution in [3.8, 4) is 5.69 Å². The van der Waals surface area contributed by atoms with Crippen LogP contribution in [0.1, 0.15) is 30.3 Å². The SMILES string of the molecule is CCC1=NN2C(=N)C(=Cc3cc(C)n(-c4ccc(Br)cc4)c3C)C(=O)N=C2S1. The first-order valence-corrected chi connectivity index (χ1v) is 10.4. The predicted molar refractivity (Wildman–Crippen MR) is 118 cm³/mol. The van der Waals surface area contributed by atoms with Gasteiger partial charge in [0.1, 0.15) is 5.04 Å². The summed E-state index contributed by atoms with van der Waals surface area (Å²) in [4.78, 5) is 16.7. The van der Waals surface area contributed by atoms with Crippen LogP contribution in [0.2, 0.25) is 0 Å². The number of thioether (sulfide) groups is 1. The summed E-state index contributed by atoms with van der Waals surface area (Å²) in [6.07, 6.45) is 2.49. The van der Waals surface area contributed by atoms with Gasteiger partial charge in [-0.05, 0) is 74.0 Å². The maximum atomic E-state index is 12.6. The Labute approximate surface area is 175 Å². The van der Waals surface area contributed by atoms with Crippen molar-refractivity contribution < 1.29 is 4.79 Å². The Morgan fingerprint density at radius 3 is 2.64 bits per heavy atom. The third-order valence-corrected chi connectivity index (χ3v) is 6.24. The second-order valence-electron chi connectivity index (χ2n) is 6.51. The highest BCUT2D eigenvalue weighted by Gasteiger charge is 2.35. The fourth-order valence-corrected chi connectivity index (χ4v) is 4.34. The fraction of sp³-hybridized carbons (Fsp3) is 0.200. The Hall–Kier alpha value is -2.45. The molecule has 2 aliphatic rings. The number of aryl methyl sites for hydroxylation is 1.